The van der Waals surface area contributed by atoms with Crippen LogP contribution in [0.3, 0.4) is 0 Å². The van der Waals surface area contributed by atoms with E-state index in [1.165, 1.54) is 0 Å². The molecule has 0 unspecified atom stereocenters. The highest BCUT2D eigenvalue weighted by Crippen LogP contribution is 2.10. The van der Waals surface area contributed by atoms with Gasteiger partial charge in [0.25, 0.3) is 0 Å². The van der Waals surface area contributed by atoms with Gasteiger partial charge in [-0.1, -0.05) is 19.3 Å². The van der Waals surface area contributed by atoms with Crippen molar-refractivity contribution in [3.8, 4) is 0 Å². The molecule has 0 saturated heterocycles. The molecule has 90 valence electrons. The summed E-state index contributed by atoms with van der Waals surface area (Å²) < 4.78 is 5.23. The summed E-state index contributed by atoms with van der Waals surface area (Å²) in [7, 11) is 0. The van der Waals surface area contributed by atoms with Crippen LogP contribution in [0.1, 0.15) is 44.3 Å². The molecule has 1 heterocycles. The first-order valence-electron chi connectivity index (χ1n) is 5.78. The average molecular weight is 225 g/mol. The van der Waals surface area contributed by atoms with Crippen molar-refractivity contribution in [3.05, 3.63) is 24.2 Å². The third-order valence-corrected chi connectivity index (χ3v) is 2.53. The minimum Gasteiger partial charge on any atom is -0.469 e. The molecule has 0 aromatic carbocycles. The SMILES string of the molecule is O=C(CCCCCCCc1ccco1)NO. The molecule has 1 aromatic heterocycles. The standard InChI is InChI=1S/C12H19NO3/c14-12(13-15)9-5-3-1-2-4-7-11-8-6-10-16-11/h6,8,10,15H,1-5,7,9H2,(H,13,14). The molecule has 1 amide bonds. The minimum atomic E-state index is -0.296. The molecule has 0 aliphatic rings. The van der Waals surface area contributed by atoms with E-state index in [-0.39, 0.29) is 5.91 Å². The fraction of sp³-hybridized carbons (Fsp3) is 0.583. The van der Waals surface area contributed by atoms with Crippen molar-refractivity contribution in [2.75, 3.05) is 0 Å². The summed E-state index contributed by atoms with van der Waals surface area (Å²) in [5.41, 5.74) is 1.63. The van der Waals surface area contributed by atoms with E-state index in [4.69, 9.17) is 9.62 Å². The van der Waals surface area contributed by atoms with Crippen LogP contribution in [-0.2, 0) is 11.2 Å². The van der Waals surface area contributed by atoms with Crippen molar-refractivity contribution in [1.29, 1.82) is 0 Å². The van der Waals surface area contributed by atoms with Crippen LogP contribution in [-0.4, -0.2) is 11.1 Å². The van der Waals surface area contributed by atoms with E-state index in [9.17, 15) is 4.79 Å². The van der Waals surface area contributed by atoms with E-state index >= 15 is 0 Å². The number of aryl methyl sites for hydroxylation is 1. The molecule has 4 nitrogen and oxygen atoms in total. The average Bonchev–Trinajstić information content (AvgIpc) is 2.80. The van der Waals surface area contributed by atoms with Gasteiger partial charge in [0, 0.05) is 12.8 Å². The van der Waals surface area contributed by atoms with Gasteiger partial charge >= 0.3 is 0 Å². The van der Waals surface area contributed by atoms with Crippen LogP contribution in [0, 0.1) is 0 Å². The third-order valence-electron chi connectivity index (χ3n) is 2.53. The van der Waals surface area contributed by atoms with Gasteiger partial charge in [-0.05, 0) is 25.0 Å². The zero-order chi connectivity index (χ0) is 11.6. The van der Waals surface area contributed by atoms with E-state index in [1.807, 2.05) is 12.1 Å². The Kier molecular flexibility index (Phi) is 6.33. The first-order valence-corrected chi connectivity index (χ1v) is 5.78. The van der Waals surface area contributed by atoms with Crippen LogP contribution in [0.5, 0.6) is 0 Å². The monoisotopic (exact) mass is 225 g/mol. The van der Waals surface area contributed by atoms with Gasteiger partial charge in [-0.2, -0.15) is 0 Å². The summed E-state index contributed by atoms with van der Waals surface area (Å²) in [5.74, 6) is 0.746. The Morgan fingerprint density at radius 1 is 1.25 bits per heavy atom. The van der Waals surface area contributed by atoms with E-state index in [1.54, 1.807) is 11.7 Å². The van der Waals surface area contributed by atoms with Gasteiger partial charge in [-0.3, -0.25) is 10.0 Å². The number of carbonyl (C=O) groups is 1. The number of carbonyl (C=O) groups excluding carboxylic acids is 1. The van der Waals surface area contributed by atoms with Gasteiger partial charge in [-0.25, -0.2) is 5.48 Å². The highest BCUT2D eigenvalue weighted by atomic mass is 16.5. The van der Waals surface area contributed by atoms with E-state index in [2.05, 4.69) is 0 Å². The first kappa shape index (κ1) is 12.8. The summed E-state index contributed by atoms with van der Waals surface area (Å²) in [5, 5.41) is 8.27. The maximum Gasteiger partial charge on any atom is 0.243 e. The van der Waals surface area contributed by atoms with Gasteiger partial charge in [0.1, 0.15) is 5.76 Å². The van der Waals surface area contributed by atoms with Gasteiger partial charge in [0.15, 0.2) is 0 Å². The lowest BCUT2D eigenvalue weighted by atomic mass is 10.1. The van der Waals surface area contributed by atoms with Crippen molar-refractivity contribution in [1.82, 2.24) is 5.48 Å². The molecular formula is C12H19NO3. The van der Waals surface area contributed by atoms with Crippen molar-refractivity contribution in [2.24, 2.45) is 0 Å². The molecule has 1 aromatic rings. The van der Waals surface area contributed by atoms with E-state index < -0.39 is 0 Å². The fourth-order valence-electron chi connectivity index (χ4n) is 1.63. The minimum absolute atomic E-state index is 0.296. The summed E-state index contributed by atoms with van der Waals surface area (Å²) in [4.78, 5) is 10.7. The fourth-order valence-corrected chi connectivity index (χ4v) is 1.63. The van der Waals surface area contributed by atoms with Crippen LogP contribution in [0.15, 0.2) is 22.8 Å². The normalized spacial score (nSPS) is 10.3. The number of unbranched alkanes of at least 4 members (excludes halogenated alkanes) is 4. The second-order valence-electron chi connectivity index (χ2n) is 3.88. The van der Waals surface area contributed by atoms with Crippen molar-refractivity contribution >= 4 is 5.91 Å². The van der Waals surface area contributed by atoms with Crippen molar-refractivity contribution < 1.29 is 14.4 Å². The third kappa shape index (κ3) is 5.56. The van der Waals surface area contributed by atoms with Gasteiger partial charge in [-0.15, -0.1) is 0 Å². The lowest BCUT2D eigenvalue weighted by Gasteiger charge is -2.00. The van der Waals surface area contributed by atoms with Crippen LogP contribution in [0.25, 0.3) is 0 Å². The van der Waals surface area contributed by atoms with Crippen molar-refractivity contribution in [2.45, 2.75) is 44.9 Å². The smallest absolute Gasteiger partial charge is 0.243 e. The number of amides is 1. The molecule has 0 bridgehead atoms. The van der Waals surface area contributed by atoms with Gasteiger partial charge < -0.3 is 4.42 Å². The maximum absolute atomic E-state index is 10.7. The Balaban J connectivity index is 1.87. The second kappa shape index (κ2) is 7.93. The van der Waals surface area contributed by atoms with Gasteiger partial charge in [0.2, 0.25) is 5.91 Å². The molecule has 0 aliphatic carbocycles. The maximum atomic E-state index is 10.7. The Hall–Kier alpha value is -1.29. The number of hydrogen-bond acceptors (Lipinski definition) is 3. The van der Waals surface area contributed by atoms with Crippen LogP contribution < -0.4 is 5.48 Å². The van der Waals surface area contributed by atoms with E-state index in [0.29, 0.717) is 6.42 Å². The molecule has 0 atom stereocenters. The molecule has 4 heteroatoms. The molecule has 1 rings (SSSR count). The molecular weight excluding hydrogens is 206 g/mol. The number of furan rings is 1. The zero-order valence-electron chi connectivity index (χ0n) is 9.45. The topological polar surface area (TPSA) is 62.5 Å². The summed E-state index contributed by atoms with van der Waals surface area (Å²) >= 11 is 0. The summed E-state index contributed by atoms with van der Waals surface area (Å²) in [6.45, 7) is 0. The lowest BCUT2D eigenvalue weighted by Crippen LogP contribution is -2.17. The molecule has 0 aliphatic heterocycles. The molecule has 0 fully saturated rings. The predicted octanol–water partition coefficient (Wildman–Crippen LogP) is 2.67. The largest absolute Gasteiger partial charge is 0.469 e. The number of rotatable bonds is 8. The Bertz CT molecular complexity index is 282. The second-order valence-corrected chi connectivity index (χ2v) is 3.88. The van der Waals surface area contributed by atoms with E-state index in [0.717, 1.165) is 44.3 Å². The Labute approximate surface area is 95.6 Å². The van der Waals surface area contributed by atoms with Crippen molar-refractivity contribution in [3.63, 3.8) is 0 Å². The van der Waals surface area contributed by atoms with Gasteiger partial charge in [0.05, 0.1) is 6.26 Å². The number of hydrogen-bond donors (Lipinski definition) is 2. The summed E-state index contributed by atoms with van der Waals surface area (Å²) in [6, 6.07) is 3.90. The van der Waals surface area contributed by atoms with Crippen LogP contribution >= 0.6 is 0 Å². The highest BCUT2D eigenvalue weighted by molar-refractivity contribution is 5.74. The molecule has 16 heavy (non-hydrogen) atoms. The highest BCUT2D eigenvalue weighted by Gasteiger charge is 1.99. The Morgan fingerprint density at radius 3 is 2.69 bits per heavy atom. The molecule has 0 spiro atoms. The predicted molar refractivity (Wildman–Crippen MR) is 60.0 cm³/mol. The van der Waals surface area contributed by atoms with Crippen LogP contribution in [0.4, 0.5) is 0 Å². The number of nitrogens with one attached hydrogen (secondary N) is 1. The van der Waals surface area contributed by atoms with Crippen LogP contribution in [0.2, 0.25) is 0 Å². The molecule has 2 N–H and O–H groups in total. The quantitative estimate of drug-likeness (QED) is 0.406. The lowest BCUT2D eigenvalue weighted by molar-refractivity contribution is -0.129. The molecule has 0 radical (unpaired) electrons. The number of hydroxylamine groups is 1. The first-order chi connectivity index (χ1) is 7.83. The summed E-state index contributed by atoms with van der Waals surface area (Å²) in [6.07, 6.45) is 8.38. The zero-order valence-corrected chi connectivity index (χ0v) is 9.45. The molecule has 0 saturated carbocycles. The Morgan fingerprint density at radius 2 is 2.00 bits per heavy atom.